The highest BCUT2D eigenvalue weighted by Gasteiger charge is 2.09. The summed E-state index contributed by atoms with van der Waals surface area (Å²) in [6.07, 6.45) is 4.67. The van der Waals surface area contributed by atoms with Gasteiger partial charge in [-0.3, -0.25) is 4.79 Å². The Labute approximate surface area is 153 Å². The number of benzene rings is 2. The molecule has 5 nitrogen and oxygen atoms in total. The van der Waals surface area contributed by atoms with Gasteiger partial charge in [0, 0.05) is 18.1 Å². The lowest BCUT2D eigenvalue weighted by Gasteiger charge is -2.10. The molecule has 134 valence electrons. The first-order valence-electron chi connectivity index (χ1n) is 7.68. The average molecular weight is 378 g/mol. The first kappa shape index (κ1) is 17.9. The Balaban J connectivity index is 1.54. The monoisotopic (exact) mass is 377 g/mol. The van der Waals surface area contributed by atoms with Crippen LogP contribution in [0.2, 0.25) is 5.02 Å². The number of nitrogens with one attached hydrogen (secondary N) is 1. The first-order valence-corrected chi connectivity index (χ1v) is 8.06. The Morgan fingerprint density at radius 2 is 2.08 bits per heavy atom. The number of halogens is 3. The normalized spacial score (nSPS) is 10.6. The number of nitrogens with zero attached hydrogens (tertiary/aromatic N) is 2. The summed E-state index contributed by atoms with van der Waals surface area (Å²) in [6, 6.07) is 8.09. The maximum Gasteiger partial charge on any atom is 0.227 e. The number of hydrogen-bond acceptors (Lipinski definition) is 3. The molecule has 0 atom stereocenters. The third-order valence-electron chi connectivity index (χ3n) is 3.49. The Morgan fingerprint density at radius 3 is 2.77 bits per heavy atom. The van der Waals surface area contributed by atoms with Crippen LogP contribution in [0.5, 0.6) is 5.75 Å². The number of imidazole rings is 1. The molecule has 1 amide bonds. The smallest absolute Gasteiger partial charge is 0.227 e. The van der Waals surface area contributed by atoms with Crippen molar-refractivity contribution >= 4 is 23.2 Å². The molecule has 26 heavy (non-hydrogen) atoms. The fourth-order valence-corrected chi connectivity index (χ4v) is 2.49. The van der Waals surface area contributed by atoms with Gasteiger partial charge >= 0.3 is 0 Å². The van der Waals surface area contributed by atoms with Crippen molar-refractivity contribution < 1.29 is 18.3 Å². The summed E-state index contributed by atoms with van der Waals surface area (Å²) in [5.41, 5.74) is 0.658. The number of amides is 1. The molecule has 0 saturated heterocycles. The van der Waals surface area contributed by atoms with Gasteiger partial charge in [0.2, 0.25) is 5.91 Å². The van der Waals surface area contributed by atoms with E-state index in [0.29, 0.717) is 11.4 Å². The molecule has 0 spiro atoms. The van der Waals surface area contributed by atoms with Gasteiger partial charge in [0.05, 0.1) is 30.1 Å². The van der Waals surface area contributed by atoms with Crippen LogP contribution in [0, 0.1) is 11.6 Å². The number of aromatic nitrogens is 2. The molecule has 0 aliphatic rings. The number of rotatable bonds is 6. The van der Waals surface area contributed by atoms with Gasteiger partial charge in [-0.2, -0.15) is 0 Å². The van der Waals surface area contributed by atoms with Gasteiger partial charge < -0.3 is 14.6 Å². The molecule has 1 heterocycles. The first-order chi connectivity index (χ1) is 12.5. The SMILES string of the molecule is O=C(CCOc1ccc(F)cc1Cl)Nc1ccc(-n2ccnc2)c(F)c1. The molecule has 0 bridgehead atoms. The standard InChI is InChI=1S/C18H14ClF2N3O2/c19-14-9-12(20)1-4-17(14)26-8-5-18(25)23-13-2-3-16(15(21)10-13)24-7-6-22-11-24/h1-4,6-7,9-11H,5,8H2,(H,23,25). The Kier molecular flexibility index (Phi) is 5.48. The zero-order chi connectivity index (χ0) is 18.5. The third kappa shape index (κ3) is 4.37. The molecule has 0 aliphatic carbocycles. The number of hydrogen-bond donors (Lipinski definition) is 1. The van der Waals surface area contributed by atoms with E-state index in [0.717, 1.165) is 6.07 Å². The van der Waals surface area contributed by atoms with Crippen LogP contribution in [0.25, 0.3) is 5.69 Å². The molecule has 0 radical (unpaired) electrons. The van der Waals surface area contributed by atoms with E-state index in [4.69, 9.17) is 16.3 Å². The second-order valence-corrected chi connectivity index (χ2v) is 5.76. The summed E-state index contributed by atoms with van der Waals surface area (Å²) >= 11 is 5.84. The quantitative estimate of drug-likeness (QED) is 0.700. The van der Waals surface area contributed by atoms with Crippen molar-refractivity contribution in [3.05, 3.63) is 71.8 Å². The maximum atomic E-state index is 14.1. The molecule has 2 aromatic carbocycles. The minimum atomic E-state index is -0.491. The fraction of sp³-hybridized carbons (Fsp3) is 0.111. The largest absolute Gasteiger partial charge is 0.491 e. The fourth-order valence-electron chi connectivity index (χ4n) is 2.27. The molecular weight excluding hydrogens is 364 g/mol. The Morgan fingerprint density at radius 1 is 1.23 bits per heavy atom. The minimum absolute atomic E-state index is 0.0264. The lowest BCUT2D eigenvalue weighted by atomic mass is 10.2. The van der Waals surface area contributed by atoms with E-state index in [1.807, 2.05) is 0 Å². The summed E-state index contributed by atoms with van der Waals surface area (Å²) in [5.74, 6) is -1.02. The summed E-state index contributed by atoms with van der Waals surface area (Å²) in [7, 11) is 0. The van der Waals surface area contributed by atoms with E-state index in [1.165, 1.54) is 29.1 Å². The van der Waals surface area contributed by atoms with Crippen LogP contribution in [-0.2, 0) is 4.79 Å². The lowest BCUT2D eigenvalue weighted by molar-refractivity contribution is -0.116. The van der Waals surface area contributed by atoms with E-state index in [1.54, 1.807) is 24.5 Å². The second-order valence-electron chi connectivity index (χ2n) is 5.36. The van der Waals surface area contributed by atoms with Gasteiger partial charge in [-0.15, -0.1) is 0 Å². The number of ether oxygens (including phenoxy) is 1. The lowest BCUT2D eigenvalue weighted by Crippen LogP contribution is -2.15. The van der Waals surface area contributed by atoms with Crippen LogP contribution in [0.15, 0.2) is 55.1 Å². The molecule has 8 heteroatoms. The van der Waals surface area contributed by atoms with Gasteiger partial charge in [-0.1, -0.05) is 11.6 Å². The Hall–Kier alpha value is -2.93. The predicted octanol–water partition coefficient (Wildman–Crippen LogP) is 4.21. The minimum Gasteiger partial charge on any atom is -0.491 e. The molecular formula is C18H14ClF2N3O2. The highest BCUT2D eigenvalue weighted by atomic mass is 35.5. The highest BCUT2D eigenvalue weighted by molar-refractivity contribution is 6.32. The van der Waals surface area contributed by atoms with Gasteiger partial charge in [-0.05, 0) is 36.4 Å². The predicted molar refractivity (Wildman–Crippen MR) is 93.7 cm³/mol. The van der Waals surface area contributed by atoms with E-state index in [2.05, 4.69) is 10.3 Å². The average Bonchev–Trinajstić information content (AvgIpc) is 3.11. The summed E-state index contributed by atoms with van der Waals surface area (Å²) in [5, 5.41) is 2.72. The van der Waals surface area contributed by atoms with Gasteiger partial charge in [0.1, 0.15) is 17.4 Å². The molecule has 3 rings (SSSR count). The van der Waals surface area contributed by atoms with E-state index in [9.17, 15) is 13.6 Å². The molecule has 1 N–H and O–H groups in total. The molecule has 1 aromatic heterocycles. The van der Waals surface area contributed by atoms with Crippen molar-refractivity contribution in [2.45, 2.75) is 6.42 Å². The third-order valence-corrected chi connectivity index (χ3v) is 3.79. The second kappa shape index (κ2) is 7.97. The van der Waals surface area contributed by atoms with E-state index < -0.39 is 11.6 Å². The number of anilines is 1. The number of carbonyl (C=O) groups is 1. The van der Waals surface area contributed by atoms with Crippen LogP contribution < -0.4 is 10.1 Å². The van der Waals surface area contributed by atoms with Crippen molar-refractivity contribution in [1.29, 1.82) is 0 Å². The van der Waals surface area contributed by atoms with Crippen LogP contribution in [0.4, 0.5) is 14.5 Å². The summed E-state index contributed by atoms with van der Waals surface area (Å²) in [6.45, 7) is 0.0484. The van der Waals surface area contributed by atoms with Gasteiger partial charge in [0.15, 0.2) is 0 Å². The van der Waals surface area contributed by atoms with E-state index >= 15 is 0 Å². The van der Waals surface area contributed by atoms with Crippen LogP contribution in [0.1, 0.15) is 6.42 Å². The van der Waals surface area contributed by atoms with Crippen LogP contribution in [0.3, 0.4) is 0 Å². The summed E-state index contributed by atoms with van der Waals surface area (Å²) < 4.78 is 34.0. The number of carbonyl (C=O) groups excluding carboxylic acids is 1. The van der Waals surface area contributed by atoms with Crippen molar-refractivity contribution in [2.75, 3.05) is 11.9 Å². The molecule has 0 fully saturated rings. The molecule has 0 saturated carbocycles. The zero-order valence-electron chi connectivity index (χ0n) is 13.5. The molecule has 0 unspecified atom stereocenters. The van der Waals surface area contributed by atoms with Gasteiger partial charge in [0.25, 0.3) is 0 Å². The van der Waals surface area contributed by atoms with Crippen molar-refractivity contribution in [3.63, 3.8) is 0 Å². The highest BCUT2D eigenvalue weighted by Crippen LogP contribution is 2.25. The molecule has 3 aromatic rings. The van der Waals surface area contributed by atoms with Crippen LogP contribution in [-0.4, -0.2) is 22.1 Å². The van der Waals surface area contributed by atoms with Crippen molar-refractivity contribution in [3.8, 4) is 11.4 Å². The topological polar surface area (TPSA) is 56.1 Å². The Bertz CT molecular complexity index is 917. The summed E-state index contributed by atoms with van der Waals surface area (Å²) in [4.78, 5) is 15.8. The van der Waals surface area contributed by atoms with Gasteiger partial charge in [-0.25, -0.2) is 13.8 Å². The maximum absolute atomic E-state index is 14.1. The van der Waals surface area contributed by atoms with Crippen LogP contribution >= 0.6 is 11.6 Å². The van der Waals surface area contributed by atoms with Crippen molar-refractivity contribution in [1.82, 2.24) is 9.55 Å². The van der Waals surface area contributed by atoms with Crippen molar-refractivity contribution in [2.24, 2.45) is 0 Å². The molecule has 0 aliphatic heterocycles. The van der Waals surface area contributed by atoms with E-state index in [-0.39, 0.29) is 29.7 Å². The zero-order valence-corrected chi connectivity index (χ0v) is 14.2.